The van der Waals surface area contributed by atoms with Gasteiger partial charge in [-0.2, -0.15) is 8.78 Å². The van der Waals surface area contributed by atoms with Crippen molar-refractivity contribution >= 4 is 29.4 Å². The maximum Gasteiger partial charge on any atom is 0.400 e. The van der Waals surface area contributed by atoms with E-state index in [1.54, 1.807) is 18.2 Å². The first kappa shape index (κ1) is 29.9. The second kappa shape index (κ2) is 14.5. The van der Waals surface area contributed by atoms with Crippen LogP contribution in [0.15, 0.2) is 48.5 Å². The third-order valence-electron chi connectivity index (χ3n) is 6.79. The van der Waals surface area contributed by atoms with E-state index in [0.717, 1.165) is 25.7 Å². The topological polar surface area (TPSA) is 114 Å². The Morgan fingerprint density at radius 3 is 2.18 bits per heavy atom. The predicted octanol–water partition coefficient (Wildman–Crippen LogP) is 6.62. The lowest BCUT2D eigenvalue weighted by molar-refractivity contribution is -0.223. The number of benzene rings is 2. The summed E-state index contributed by atoms with van der Waals surface area (Å²) < 4.78 is 44.7. The quantitative estimate of drug-likeness (QED) is 0.126. The van der Waals surface area contributed by atoms with Crippen LogP contribution in [0.3, 0.4) is 0 Å². The van der Waals surface area contributed by atoms with Gasteiger partial charge in [0.2, 0.25) is 0 Å². The molecule has 9 heteroatoms. The van der Waals surface area contributed by atoms with E-state index in [4.69, 9.17) is 25.7 Å². The van der Waals surface area contributed by atoms with Gasteiger partial charge in [-0.1, -0.05) is 31.9 Å². The van der Waals surface area contributed by atoms with Crippen LogP contribution in [-0.2, 0) is 14.3 Å². The van der Waals surface area contributed by atoms with E-state index < -0.39 is 24.0 Å². The summed E-state index contributed by atoms with van der Waals surface area (Å²) in [5.74, 6) is -1.19. The molecule has 0 aromatic heterocycles. The lowest BCUT2D eigenvalue weighted by Gasteiger charge is -2.33. The van der Waals surface area contributed by atoms with Gasteiger partial charge in [-0.3, -0.25) is 0 Å². The van der Waals surface area contributed by atoms with E-state index in [1.165, 1.54) is 36.4 Å². The second-order valence-corrected chi connectivity index (χ2v) is 9.97. The number of carbonyl (C=O) groups excluding carboxylic acids is 2. The lowest BCUT2D eigenvalue weighted by atomic mass is 9.79. The molecule has 0 aliphatic heterocycles. The van der Waals surface area contributed by atoms with Crippen molar-refractivity contribution in [3.63, 3.8) is 0 Å². The summed E-state index contributed by atoms with van der Waals surface area (Å²) >= 11 is 0. The summed E-state index contributed by atoms with van der Waals surface area (Å²) in [6.07, 6.45) is 5.40. The standard InChI is InChI=1S/C30H38F2N2O5/c1-2-5-21-6-11-24(12-7-21)30(31,32)39-27-13-8-22(9-14-27)10-15-28(35)37-16-3-4-17-38-29(36)23-18-25(33)20-26(34)19-23/h8-10,13-15,18-21,24H,2-7,11-12,16-17,33-34H2,1H3/b15-10+. The molecule has 1 saturated carbocycles. The number of carbonyl (C=O) groups is 2. The van der Waals surface area contributed by atoms with Crippen LogP contribution in [-0.4, -0.2) is 31.3 Å². The number of rotatable bonds is 13. The predicted molar refractivity (Wildman–Crippen MR) is 147 cm³/mol. The SMILES string of the molecule is CCCC1CCC(C(F)(F)Oc2ccc(/C=C/C(=O)OCCCCOC(=O)c3cc(N)cc(N)c3)cc2)CC1. The van der Waals surface area contributed by atoms with Crippen molar-refractivity contribution in [3.05, 3.63) is 59.7 Å². The Kier molecular flexibility index (Phi) is 11.1. The van der Waals surface area contributed by atoms with E-state index in [9.17, 15) is 18.4 Å². The molecule has 3 rings (SSSR count). The van der Waals surface area contributed by atoms with Crippen LogP contribution in [0.25, 0.3) is 6.08 Å². The van der Waals surface area contributed by atoms with Crippen molar-refractivity contribution in [1.82, 2.24) is 0 Å². The zero-order valence-electron chi connectivity index (χ0n) is 22.4. The average molecular weight is 545 g/mol. The monoisotopic (exact) mass is 544 g/mol. The maximum atomic E-state index is 14.7. The van der Waals surface area contributed by atoms with Crippen LogP contribution in [0.2, 0.25) is 0 Å². The van der Waals surface area contributed by atoms with Crippen molar-refractivity contribution in [2.75, 3.05) is 24.7 Å². The zero-order valence-corrected chi connectivity index (χ0v) is 22.4. The van der Waals surface area contributed by atoms with Crippen molar-refractivity contribution in [1.29, 1.82) is 0 Å². The van der Waals surface area contributed by atoms with E-state index in [2.05, 4.69) is 6.92 Å². The smallest absolute Gasteiger partial charge is 0.400 e. The number of alkyl halides is 2. The zero-order chi connectivity index (χ0) is 28.3. The second-order valence-electron chi connectivity index (χ2n) is 9.97. The third kappa shape index (κ3) is 9.89. The average Bonchev–Trinajstić information content (AvgIpc) is 2.90. The summed E-state index contributed by atoms with van der Waals surface area (Å²) in [5.41, 5.74) is 13.0. The van der Waals surface area contributed by atoms with Crippen LogP contribution in [0, 0.1) is 11.8 Å². The van der Waals surface area contributed by atoms with E-state index >= 15 is 0 Å². The molecule has 0 saturated heterocycles. The normalized spacial score (nSPS) is 17.6. The van der Waals surface area contributed by atoms with Gasteiger partial charge in [-0.25, -0.2) is 9.59 Å². The van der Waals surface area contributed by atoms with Gasteiger partial charge >= 0.3 is 18.0 Å². The van der Waals surface area contributed by atoms with Crippen molar-refractivity contribution in [2.45, 2.75) is 64.4 Å². The number of hydrogen-bond donors (Lipinski definition) is 2. The minimum Gasteiger partial charge on any atom is -0.463 e. The highest BCUT2D eigenvalue weighted by molar-refractivity contribution is 5.91. The Bertz CT molecular complexity index is 1090. The summed E-state index contributed by atoms with van der Waals surface area (Å²) in [4.78, 5) is 24.0. The summed E-state index contributed by atoms with van der Waals surface area (Å²) in [5, 5.41) is 0. The molecular weight excluding hydrogens is 506 g/mol. The fourth-order valence-electron chi connectivity index (χ4n) is 4.71. The van der Waals surface area contributed by atoms with Gasteiger partial charge in [-0.15, -0.1) is 0 Å². The van der Waals surface area contributed by atoms with E-state index in [1.807, 2.05) is 0 Å². The molecule has 0 atom stereocenters. The van der Waals surface area contributed by atoms with Crippen molar-refractivity contribution in [3.8, 4) is 5.75 Å². The lowest BCUT2D eigenvalue weighted by Crippen LogP contribution is -2.37. The van der Waals surface area contributed by atoms with Gasteiger partial charge in [0.25, 0.3) is 0 Å². The minimum atomic E-state index is -3.21. The fourth-order valence-corrected chi connectivity index (χ4v) is 4.71. The number of esters is 2. The van der Waals surface area contributed by atoms with Crippen molar-refractivity contribution in [2.24, 2.45) is 11.8 Å². The molecule has 1 fully saturated rings. The van der Waals surface area contributed by atoms with Gasteiger partial charge in [0.05, 0.1) is 24.7 Å². The summed E-state index contributed by atoms with van der Waals surface area (Å²) in [6, 6.07) is 10.7. The number of nitrogens with two attached hydrogens (primary N) is 2. The van der Waals surface area contributed by atoms with Gasteiger partial charge in [0, 0.05) is 17.5 Å². The Morgan fingerprint density at radius 2 is 1.56 bits per heavy atom. The molecule has 0 radical (unpaired) electrons. The Labute approximate surface area is 228 Å². The molecule has 0 bridgehead atoms. The number of anilines is 2. The fraction of sp³-hybridized carbons (Fsp3) is 0.467. The number of hydrogen-bond acceptors (Lipinski definition) is 7. The molecule has 7 nitrogen and oxygen atoms in total. The van der Waals surface area contributed by atoms with Crippen LogP contribution >= 0.6 is 0 Å². The molecule has 1 aliphatic rings. The molecule has 0 amide bonds. The molecule has 1 aliphatic carbocycles. The Morgan fingerprint density at radius 1 is 0.949 bits per heavy atom. The van der Waals surface area contributed by atoms with Gasteiger partial charge < -0.3 is 25.7 Å². The molecule has 2 aromatic rings. The summed E-state index contributed by atoms with van der Waals surface area (Å²) in [6.45, 7) is 2.45. The molecule has 0 heterocycles. The van der Waals surface area contributed by atoms with Gasteiger partial charge in [-0.05, 0) is 86.4 Å². The number of nitrogen functional groups attached to an aromatic ring is 2. The highest BCUT2D eigenvalue weighted by Crippen LogP contribution is 2.41. The molecule has 0 spiro atoms. The van der Waals surface area contributed by atoms with Crippen LogP contribution in [0.4, 0.5) is 20.2 Å². The van der Waals surface area contributed by atoms with E-state index in [0.29, 0.717) is 48.5 Å². The summed E-state index contributed by atoms with van der Waals surface area (Å²) in [7, 11) is 0. The molecule has 0 unspecified atom stereocenters. The van der Waals surface area contributed by atoms with Gasteiger partial charge in [0.15, 0.2) is 0 Å². The first-order valence-electron chi connectivity index (χ1n) is 13.5. The number of unbranched alkanes of at least 4 members (excludes halogenated alkanes) is 1. The van der Waals surface area contributed by atoms with Gasteiger partial charge in [0.1, 0.15) is 5.75 Å². The largest absolute Gasteiger partial charge is 0.463 e. The maximum absolute atomic E-state index is 14.7. The van der Waals surface area contributed by atoms with E-state index in [-0.39, 0.29) is 24.5 Å². The molecule has 39 heavy (non-hydrogen) atoms. The highest BCUT2D eigenvalue weighted by Gasteiger charge is 2.43. The first-order chi connectivity index (χ1) is 18.7. The minimum absolute atomic E-state index is 0.0929. The van der Waals surface area contributed by atoms with Crippen molar-refractivity contribution < 1.29 is 32.6 Å². The highest BCUT2D eigenvalue weighted by atomic mass is 19.3. The number of halogens is 2. The van der Waals surface area contributed by atoms with Crippen LogP contribution in [0.1, 0.15) is 74.2 Å². The molecule has 212 valence electrons. The molecule has 4 N–H and O–H groups in total. The molecule has 2 aromatic carbocycles. The number of ether oxygens (including phenoxy) is 3. The molecular formula is C30H38F2N2O5. The van der Waals surface area contributed by atoms with Crippen LogP contribution < -0.4 is 16.2 Å². The third-order valence-corrected chi connectivity index (χ3v) is 6.79. The van der Waals surface area contributed by atoms with Crippen LogP contribution in [0.5, 0.6) is 5.75 Å². The Balaban J connectivity index is 1.33. The first-order valence-corrected chi connectivity index (χ1v) is 13.5. The Hall–Kier alpha value is -3.62.